The van der Waals surface area contributed by atoms with Gasteiger partial charge in [-0.3, -0.25) is 9.59 Å². The van der Waals surface area contributed by atoms with Crippen LogP contribution in [0.2, 0.25) is 0 Å². The molecule has 120 valence electrons. The second kappa shape index (κ2) is 7.33. The smallest absolute Gasteiger partial charge is 0.251 e. The largest absolute Gasteiger partial charge is 0.383 e. The Morgan fingerprint density at radius 1 is 1.45 bits per heavy atom. The molecular formula is C15H19FN2O4. The minimum absolute atomic E-state index is 0.156. The Morgan fingerprint density at radius 2 is 2.14 bits per heavy atom. The van der Waals surface area contributed by atoms with Crippen LogP contribution in [0.5, 0.6) is 0 Å². The van der Waals surface area contributed by atoms with Crippen LogP contribution >= 0.6 is 0 Å². The molecule has 0 aliphatic carbocycles. The number of morpholine rings is 1. The summed E-state index contributed by atoms with van der Waals surface area (Å²) in [4.78, 5) is 25.6. The molecule has 2 atom stereocenters. The van der Waals surface area contributed by atoms with Crippen LogP contribution in [0.3, 0.4) is 0 Å². The number of amides is 2. The summed E-state index contributed by atoms with van der Waals surface area (Å²) in [5, 5.41) is 2.70. The average Bonchev–Trinajstić information content (AvgIpc) is 2.51. The van der Waals surface area contributed by atoms with E-state index in [9.17, 15) is 14.0 Å². The second-order valence-electron chi connectivity index (χ2n) is 5.02. The van der Waals surface area contributed by atoms with Gasteiger partial charge in [-0.2, -0.15) is 0 Å². The Labute approximate surface area is 128 Å². The topological polar surface area (TPSA) is 67.9 Å². The highest BCUT2D eigenvalue weighted by Crippen LogP contribution is 2.29. The van der Waals surface area contributed by atoms with Crippen LogP contribution in [0.1, 0.15) is 11.6 Å². The predicted molar refractivity (Wildman–Crippen MR) is 76.5 cm³/mol. The summed E-state index contributed by atoms with van der Waals surface area (Å²) in [6.45, 7) is 0.577. The molecule has 0 aromatic heterocycles. The maximum absolute atomic E-state index is 13.1. The highest BCUT2D eigenvalue weighted by molar-refractivity contribution is 5.86. The van der Waals surface area contributed by atoms with Crippen molar-refractivity contribution in [3.63, 3.8) is 0 Å². The number of carbonyl (C=O) groups is 2. The van der Waals surface area contributed by atoms with E-state index in [2.05, 4.69) is 5.32 Å². The van der Waals surface area contributed by atoms with E-state index in [1.807, 2.05) is 0 Å². The van der Waals surface area contributed by atoms with Gasteiger partial charge in [0.05, 0.1) is 12.6 Å². The van der Waals surface area contributed by atoms with E-state index in [0.29, 0.717) is 18.7 Å². The van der Waals surface area contributed by atoms with Gasteiger partial charge in [0.1, 0.15) is 12.4 Å². The Hall–Kier alpha value is -1.99. The third kappa shape index (κ3) is 3.61. The lowest BCUT2D eigenvalue weighted by molar-refractivity contribution is -0.162. The molecule has 7 heteroatoms. The fraction of sp³-hybridized carbons (Fsp3) is 0.467. The molecule has 6 nitrogen and oxygen atoms in total. The first-order valence-electron chi connectivity index (χ1n) is 6.94. The van der Waals surface area contributed by atoms with E-state index in [1.165, 1.54) is 24.1 Å². The van der Waals surface area contributed by atoms with E-state index in [4.69, 9.17) is 9.47 Å². The maximum atomic E-state index is 13.1. The van der Waals surface area contributed by atoms with Crippen molar-refractivity contribution in [3.8, 4) is 0 Å². The number of nitrogens with one attached hydrogen (secondary N) is 1. The third-order valence-corrected chi connectivity index (χ3v) is 3.56. The van der Waals surface area contributed by atoms with Crippen LogP contribution in [-0.2, 0) is 19.1 Å². The molecule has 1 fully saturated rings. The van der Waals surface area contributed by atoms with E-state index in [1.54, 1.807) is 19.2 Å². The van der Waals surface area contributed by atoms with Crippen molar-refractivity contribution in [1.29, 1.82) is 0 Å². The summed E-state index contributed by atoms with van der Waals surface area (Å²) >= 11 is 0. The molecular weight excluding hydrogens is 291 g/mol. The first kappa shape index (κ1) is 16.4. The van der Waals surface area contributed by atoms with Gasteiger partial charge in [-0.1, -0.05) is 12.1 Å². The van der Waals surface area contributed by atoms with Crippen molar-refractivity contribution in [2.24, 2.45) is 0 Å². The Bertz CT molecular complexity index is 535. The zero-order valence-electron chi connectivity index (χ0n) is 12.5. The van der Waals surface area contributed by atoms with Crippen LogP contribution in [0.15, 0.2) is 24.3 Å². The molecule has 1 aliphatic heterocycles. The molecule has 0 radical (unpaired) electrons. The molecule has 0 saturated carbocycles. The summed E-state index contributed by atoms with van der Waals surface area (Å²) in [5.74, 6) is -0.934. The lowest BCUT2D eigenvalue weighted by Gasteiger charge is -2.38. The lowest BCUT2D eigenvalue weighted by Crippen LogP contribution is -2.53. The van der Waals surface area contributed by atoms with E-state index in [0.717, 1.165) is 0 Å². The summed E-state index contributed by atoms with van der Waals surface area (Å²) < 4.78 is 23.4. The predicted octanol–water partition coefficient (Wildman–Crippen LogP) is 0.487. The molecule has 0 spiro atoms. The van der Waals surface area contributed by atoms with Gasteiger partial charge in [-0.05, 0) is 17.7 Å². The number of rotatable bonds is 5. The van der Waals surface area contributed by atoms with Gasteiger partial charge in [0.2, 0.25) is 5.91 Å². The molecule has 2 rings (SSSR count). The normalized spacial score (nSPS) is 21.8. The lowest BCUT2D eigenvalue weighted by atomic mass is 9.97. The number of carbonyl (C=O) groups excluding carboxylic acids is 2. The summed E-state index contributed by atoms with van der Waals surface area (Å²) in [6.07, 6.45) is -0.843. The number of methoxy groups -OCH3 is 1. The molecule has 2 unspecified atom stereocenters. The third-order valence-electron chi connectivity index (χ3n) is 3.56. The summed E-state index contributed by atoms with van der Waals surface area (Å²) in [6, 6.07) is 5.09. The molecule has 1 aromatic carbocycles. The quantitative estimate of drug-likeness (QED) is 0.804. The van der Waals surface area contributed by atoms with Crippen molar-refractivity contribution in [1.82, 2.24) is 10.2 Å². The molecule has 2 amide bonds. The maximum Gasteiger partial charge on any atom is 0.251 e. The second-order valence-corrected chi connectivity index (χ2v) is 5.02. The first-order valence-corrected chi connectivity index (χ1v) is 6.94. The van der Waals surface area contributed by atoms with Crippen LogP contribution < -0.4 is 5.32 Å². The fourth-order valence-corrected chi connectivity index (χ4v) is 2.37. The van der Waals surface area contributed by atoms with Gasteiger partial charge in [0.25, 0.3) is 5.91 Å². The Balaban J connectivity index is 2.20. The van der Waals surface area contributed by atoms with E-state index < -0.39 is 12.1 Å². The Kier molecular flexibility index (Phi) is 5.46. The molecule has 1 N–H and O–H groups in total. The summed E-state index contributed by atoms with van der Waals surface area (Å²) in [7, 11) is 3.14. The highest BCUT2D eigenvalue weighted by Gasteiger charge is 2.39. The first-order chi connectivity index (χ1) is 10.5. The number of hydrogen-bond acceptors (Lipinski definition) is 4. The number of nitrogens with zero attached hydrogens (tertiary/aromatic N) is 1. The number of halogens is 1. The van der Waals surface area contributed by atoms with Gasteiger partial charge < -0.3 is 19.7 Å². The van der Waals surface area contributed by atoms with Crippen molar-refractivity contribution in [2.45, 2.75) is 12.1 Å². The molecule has 1 aromatic rings. The fourth-order valence-electron chi connectivity index (χ4n) is 2.37. The van der Waals surface area contributed by atoms with Crippen LogP contribution in [0.25, 0.3) is 0 Å². The van der Waals surface area contributed by atoms with Crippen molar-refractivity contribution in [3.05, 3.63) is 35.6 Å². The Morgan fingerprint density at radius 3 is 2.77 bits per heavy atom. The van der Waals surface area contributed by atoms with Gasteiger partial charge in [-0.15, -0.1) is 0 Å². The van der Waals surface area contributed by atoms with Crippen LogP contribution in [0, 0.1) is 5.82 Å². The molecule has 1 heterocycles. The summed E-state index contributed by atoms with van der Waals surface area (Å²) in [5.41, 5.74) is 0.642. The number of benzene rings is 1. The van der Waals surface area contributed by atoms with Crippen molar-refractivity contribution in [2.75, 3.05) is 33.9 Å². The standard InChI is InChI=1S/C15H19FN2O4/c1-18-12(19)9-22-14(15(20)17-7-8-21-2)13(18)10-3-5-11(16)6-4-10/h3-6,13-14H,7-9H2,1-2H3,(H,17,20). The van der Waals surface area contributed by atoms with Crippen LogP contribution in [0.4, 0.5) is 4.39 Å². The van der Waals surface area contributed by atoms with E-state index >= 15 is 0 Å². The van der Waals surface area contributed by atoms with Gasteiger partial charge in [-0.25, -0.2) is 4.39 Å². The molecule has 22 heavy (non-hydrogen) atoms. The molecule has 1 saturated heterocycles. The van der Waals surface area contributed by atoms with Crippen LogP contribution in [-0.4, -0.2) is 56.7 Å². The number of hydrogen-bond donors (Lipinski definition) is 1. The number of likely N-dealkylation sites (N-methyl/N-ethyl adjacent to an activating group) is 1. The molecule has 0 bridgehead atoms. The monoisotopic (exact) mass is 310 g/mol. The van der Waals surface area contributed by atoms with Crippen molar-refractivity contribution < 1.29 is 23.5 Å². The van der Waals surface area contributed by atoms with E-state index in [-0.39, 0.29) is 24.2 Å². The zero-order chi connectivity index (χ0) is 16.1. The molecule has 1 aliphatic rings. The highest BCUT2D eigenvalue weighted by atomic mass is 19.1. The van der Waals surface area contributed by atoms with Crippen molar-refractivity contribution >= 4 is 11.8 Å². The zero-order valence-corrected chi connectivity index (χ0v) is 12.5. The van der Waals surface area contributed by atoms with Gasteiger partial charge >= 0.3 is 0 Å². The minimum Gasteiger partial charge on any atom is -0.383 e. The van der Waals surface area contributed by atoms with Gasteiger partial charge in [0.15, 0.2) is 6.10 Å². The average molecular weight is 310 g/mol. The van der Waals surface area contributed by atoms with Gasteiger partial charge in [0, 0.05) is 20.7 Å². The SMILES string of the molecule is COCCNC(=O)C1OCC(=O)N(C)C1c1ccc(F)cc1. The minimum atomic E-state index is -0.843. The number of ether oxygens (including phenoxy) is 2.